The highest BCUT2D eigenvalue weighted by Gasteiger charge is 2.18. The molecule has 0 aromatic heterocycles. The van der Waals surface area contributed by atoms with Gasteiger partial charge in [-0.25, -0.2) is 13.1 Å². The summed E-state index contributed by atoms with van der Waals surface area (Å²) in [6.45, 7) is -0.0923. The van der Waals surface area contributed by atoms with Crippen molar-refractivity contribution < 1.29 is 13.2 Å². The van der Waals surface area contributed by atoms with Crippen molar-refractivity contribution in [3.8, 4) is 0 Å². The van der Waals surface area contributed by atoms with Gasteiger partial charge in [-0.05, 0) is 29.8 Å². The van der Waals surface area contributed by atoms with E-state index in [0.717, 1.165) is 5.56 Å². The molecular weight excluding hydrogens is 359 g/mol. The maximum atomic E-state index is 12.1. The van der Waals surface area contributed by atoms with Crippen LogP contribution in [-0.4, -0.2) is 20.9 Å². The predicted octanol–water partition coefficient (Wildman–Crippen LogP) is 2.59. The molecule has 0 spiro atoms. The molecule has 23 heavy (non-hydrogen) atoms. The first-order valence-corrected chi connectivity index (χ1v) is 8.88. The number of carbonyl (C=O) groups is 1. The third kappa shape index (κ3) is 5.21. The van der Waals surface area contributed by atoms with Crippen molar-refractivity contribution >= 4 is 39.1 Å². The monoisotopic (exact) mass is 372 g/mol. The second-order valence-electron chi connectivity index (χ2n) is 4.66. The van der Waals surface area contributed by atoms with Crippen molar-refractivity contribution in [3.05, 3.63) is 64.1 Å². The van der Waals surface area contributed by atoms with Crippen LogP contribution in [0, 0.1) is 0 Å². The molecule has 2 aromatic rings. The van der Waals surface area contributed by atoms with Gasteiger partial charge in [0.15, 0.2) is 0 Å². The largest absolute Gasteiger partial charge is 0.351 e. The fraction of sp³-hybridized carbons (Fsp3) is 0.133. The van der Waals surface area contributed by atoms with E-state index >= 15 is 0 Å². The van der Waals surface area contributed by atoms with E-state index in [1.165, 1.54) is 12.1 Å². The molecule has 0 atom stereocenters. The lowest BCUT2D eigenvalue weighted by Crippen LogP contribution is -2.36. The van der Waals surface area contributed by atoms with Crippen LogP contribution in [-0.2, 0) is 21.4 Å². The minimum atomic E-state index is -3.83. The maximum Gasteiger partial charge on any atom is 0.242 e. The smallest absolute Gasteiger partial charge is 0.242 e. The molecule has 1 amide bonds. The minimum Gasteiger partial charge on any atom is -0.351 e. The highest BCUT2D eigenvalue weighted by atomic mass is 35.5. The van der Waals surface area contributed by atoms with Gasteiger partial charge in [0.05, 0.1) is 11.6 Å². The molecule has 0 bridgehead atoms. The first kappa shape index (κ1) is 17.7. The summed E-state index contributed by atoms with van der Waals surface area (Å²) in [5, 5.41) is 3.32. The van der Waals surface area contributed by atoms with E-state index in [1.807, 2.05) is 0 Å². The Morgan fingerprint density at radius 3 is 2.30 bits per heavy atom. The summed E-state index contributed by atoms with van der Waals surface area (Å²) in [4.78, 5) is 11.7. The molecular formula is C15H14Cl2N2O3S. The molecule has 0 aliphatic carbocycles. The Kier molecular flexibility index (Phi) is 6.01. The van der Waals surface area contributed by atoms with Crippen LogP contribution in [0.1, 0.15) is 5.56 Å². The molecule has 0 radical (unpaired) electrons. The summed E-state index contributed by atoms with van der Waals surface area (Å²) in [6.07, 6.45) is 0. The van der Waals surface area contributed by atoms with Crippen molar-refractivity contribution in [1.82, 2.24) is 10.0 Å². The van der Waals surface area contributed by atoms with Crippen molar-refractivity contribution in [3.63, 3.8) is 0 Å². The van der Waals surface area contributed by atoms with Crippen molar-refractivity contribution in [1.29, 1.82) is 0 Å². The topological polar surface area (TPSA) is 75.3 Å². The first-order chi connectivity index (χ1) is 10.9. The van der Waals surface area contributed by atoms with Crippen LogP contribution in [0.5, 0.6) is 0 Å². The van der Waals surface area contributed by atoms with Crippen LogP contribution in [0.25, 0.3) is 0 Å². The summed E-state index contributed by atoms with van der Waals surface area (Å²) < 4.78 is 26.4. The van der Waals surface area contributed by atoms with Gasteiger partial charge in [-0.2, -0.15) is 0 Å². The second kappa shape index (κ2) is 7.79. The predicted molar refractivity (Wildman–Crippen MR) is 89.9 cm³/mol. The molecule has 8 heteroatoms. The zero-order chi connectivity index (χ0) is 16.9. The average molecular weight is 373 g/mol. The SMILES string of the molecule is O=C(CNS(=O)(=O)c1ccccc1Cl)NCc1ccc(Cl)cc1. The maximum absolute atomic E-state index is 12.1. The third-order valence-electron chi connectivity index (χ3n) is 2.95. The highest BCUT2D eigenvalue weighted by molar-refractivity contribution is 7.89. The van der Waals surface area contributed by atoms with Gasteiger partial charge in [-0.15, -0.1) is 0 Å². The highest BCUT2D eigenvalue weighted by Crippen LogP contribution is 2.19. The second-order valence-corrected chi connectivity index (χ2v) is 7.24. The lowest BCUT2D eigenvalue weighted by molar-refractivity contribution is -0.120. The van der Waals surface area contributed by atoms with Crippen molar-refractivity contribution in [2.24, 2.45) is 0 Å². The van der Waals surface area contributed by atoms with Gasteiger partial charge in [-0.3, -0.25) is 4.79 Å². The summed E-state index contributed by atoms with van der Waals surface area (Å²) >= 11 is 11.6. The molecule has 0 aliphatic heterocycles. The van der Waals surface area contributed by atoms with Crippen molar-refractivity contribution in [2.45, 2.75) is 11.4 Å². The van der Waals surface area contributed by atoms with Crippen LogP contribution >= 0.6 is 23.2 Å². The molecule has 0 saturated carbocycles. The van der Waals surface area contributed by atoms with Crippen LogP contribution in [0.15, 0.2) is 53.4 Å². The van der Waals surface area contributed by atoms with Gasteiger partial charge in [0.1, 0.15) is 4.90 Å². The minimum absolute atomic E-state index is 0.0628. The molecule has 0 unspecified atom stereocenters. The molecule has 0 fully saturated rings. The summed E-state index contributed by atoms with van der Waals surface area (Å²) in [6, 6.07) is 13.0. The molecule has 0 aliphatic rings. The number of rotatable bonds is 6. The lowest BCUT2D eigenvalue weighted by Gasteiger charge is -2.09. The van der Waals surface area contributed by atoms with Gasteiger partial charge in [0, 0.05) is 11.6 Å². The van der Waals surface area contributed by atoms with E-state index in [2.05, 4.69) is 10.0 Å². The zero-order valence-corrected chi connectivity index (χ0v) is 14.3. The van der Waals surface area contributed by atoms with E-state index in [0.29, 0.717) is 5.02 Å². The summed E-state index contributed by atoms with van der Waals surface area (Å²) in [5.74, 6) is -0.449. The average Bonchev–Trinajstić information content (AvgIpc) is 2.53. The van der Waals surface area contributed by atoms with E-state index in [-0.39, 0.29) is 23.0 Å². The van der Waals surface area contributed by atoms with Crippen LogP contribution < -0.4 is 10.0 Å². The van der Waals surface area contributed by atoms with Crippen LogP contribution in [0.4, 0.5) is 0 Å². The molecule has 0 heterocycles. The van der Waals surface area contributed by atoms with E-state index in [9.17, 15) is 13.2 Å². The quantitative estimate of drug-likeness (QED) is 0.817. The number of amides is 1. The van der Waals surface area contributed by atoms with Gasteiger partial charge >= 0.3 is 0 Å². The molecule has 2 aromatic carbocycles. The number of sulfonamides is 1. The van der Waals surface area contributed by atoms with E-state index in [4.69, 9.17) is 23.2 Å². The normalized spacial score (nSPS) is 11.2. The van der Waals surface area contributed by atoms with Crippen LogP contribution in [0.2, 0.25) is 10.0 Å². The number of nitrogens with one attached hydrogen (secondary N) is 2. The standard InChI is InChI=1S/C15H14Cl2N2O3S/c16-12-7-5-11(6-8-12)9-18-15(20)10-19-23(21,22)14-4-2-1-3-13(14)17/h1-8,19H,9-10H2,(H,18,20). The summed E-state index contributed by atoms with van der Waals surface area (Å²) in [7, 11) is -3.83. The van der Waals surface area contributed by atoms with E-state index < -0.39 is 15.9 Å². The van der Waals surface area contributed by atoms with E-state index in [1.54, 1.807) is 36.4 Å². The number of hydrogen-bond acceptors (Lipinski definition) is 3. The molecule has 2 rings (SSSR count). The first-order valence-electron chi connectivity index (χ1n) is 6.64. The summed E-state index contributed by atoms with van der Waals surface area (Å²) in [5.41, 5.74) is 0.858. The van der Waals surface area contributed by atoms with Gasteiger partial charge in [0.25, 0.3) is 0 Å². The Morgan fingerprint density at radius 1 is 1.00 bits per heavy atom. The molecule has 122 valence electrons. The number of benzene rings is 2. The number of carbonyl (C=O) groups excluding carboxylic acids is 1. The third-order valence-corrected chi connectivity index (χ3v) is 5.10. The zero-order valence-electron chi connectivity index (χ0n) is 11.9. The Morgan fingerprint density at radius 2 is 1.65 bits per heavy atom. The fourth-order valence-corrected chi connectivity index (χ4v) is 3.39. The Hall–Kier alpha value is -1.60. The molecule has 5 nitrogen and oxygen atoms in total. The number of halogens is 2. The Labute approximate surface area is 144 Å². The molecule has 0 saturated heterocycles. The molecule has 2 N–H and O–H groups in total. The van der Waals surface area contributed by atoms with Gasteiger partial charge < -0.3 is 5.32 Å². The van der Waals surface area contributed by atoms with Crippen LogP contribution in [0.3, 0.4) is 0 Å². The van der Waals surface area contributed by atoms with Crippen molar-refractivity contribution in [2.75, 3.05) is 6.54 Å². The van der Waals surface area contributed by atoms with Gasteiger partial charge in [-0.1, -0.05) is 47.5 Å². The Bertz CT molecular complexity index is 793. The van der Waals surface area contributed by atoms with Gasteiger partial charge in [0.2, 0.25) is 15.9 Å². The lowest BCUT2D eigenvalue weighted by atomic mass is 10.2. The number of hydrogen-bond donors (Lipinski definition) is 2. The fourth-order valence-electron chi connectivity index (χ4n) is 1.77. The Balaban J connectivity index is 1.89.